The first kappa shape index (κ1) is 20.3. The van der Waals surface area contributed by atoms with Gasteiger partial charge in [-0.25, -0.2) is 0 Å². The summed E-state index contributed by atoms with van der Waals surface area (Å²) in [4.78, 5) is 12.3. The number of nitriles is 1. The van der Waals surface area contributed by atoms with Crippen molar-refractivity contribution in [1.82, 2.24) is 5.32 Å². The minimum atomic E-state index is -0.514. The zero-order valence-electron chi connectivity index (χ0n) is 15.5. The SMILES string of the molecule is CCc1ccc(C(C)N/C=C(/C#N)C(=O)Nc2ccc(OC)c(Cl)c2)cc1. The van der Waals surface area contributed by atoms with E-state index in [1.54, 1.807) is 18.2 Å². The predicted octanol–water partition coefficient (Wildman–Crippen LogP) is 4.61. The summed E-state index contributed by atoms with van der Waals surface area (Å²) < 4.78 is 5.08. The summed E-state index contributed by atoms with van der Waals surface area (Å²) in [6.07, 6.45) is 2.41. The molecule has 0 radical (unpaired) electrons. The van der Waals surface area contributed by atoms with Gasteiger partial charge in [-0.1, -0.05) is 42.8 Å². The number of nitrogens with one attached hydrogen (secondary N) is 2. The van der Waals surface area contributed by atoms with E-state index >= 15 is 0 Å². The van der Waals surface area contributed by atoms with Gasteiger partial charge < -0.3 is 15.4 Å². The Kier molecular flexibility index (Phi) is 7.27. The fourth-order valence-electron chi connectivity index (χ4n) is 2.44. The Balaban J connectivity index is 2.04. The second-order valence-electron chi connectivity index (χ2n) is 5.96. The number of rotatable bonds is 7. The minimum Gasteiger partial charge on any atom is -0.495 e. The Labute approximate surface area is 164 Å². The highest BCUT2D eigenvalue weighted by molar-refractivity contribution is 6.32. The van der Waals surface area contributed by atoms with Crippen LogP contribution in [0.2, 0.25) is 5.02 Å². The lowest BCUT2D eigenvalue weighted by molar-refractivity contribution is -0.112. The molecule has 1 unspecified atom stereocenters. The number of carbonyl (C=O) groups is 1. The minimum absolute atomic E-state index is 0.0287. The predicted molar refractivity (Wildman–Crippen MR) is 108 cm³/mol. The number of methoxy groups -OCH3 is 1. The summed E-state index contributed by atoms with van der Waals surface area (Å²) >= 11 is 6.05. The summed E-state index contributed by atoms with van der Waals surface area (Å²) in [7, 11) is 1.51. The Morgan fingerprint density at radius 2 is 2.00 bits per heavy atom. The van der Waals surface area contributed by atoms with Crippen LogP contribution in [0.3, 0.4) is 0 Å². The van der Waals surface area contributed by atoms with E-state index in [-0.39, 0.29) is 11.6 Å². The van der Waals surface area contributed by atoms with Crippen LogP contribution >= 0.6 is 11.6 Å². The van der Waals surface area contributed by atoms with Crippen molar-refractivity contribution in [3.63, 3.8) is 0 Å². The molecule has 5 nitrogen and oxygen atoms in total. The van der Waals surface area contributed by atoms with Crippen LogP contribution in [0.4, 0.5) is 5.69 Å². The number of carbonyl (C=O) groups excluding carboxylic acids is 1. The highest BCUT2D eigenvalue weighted by atomic mass is 35.5. The molecule has 0 aliphatic rings. The molecule has 0 saturated carbocycles. The summed E-state index contributed by atoms with van der Waals surface area (Å²) in [5.41, 5.74) is 2.79. The first-order chi connectivity index (χ1) is 13.0. The smallest absolute Gasteiger partial charge is 0.267 e. The number of hydrogen-bond acceptors (Lipinski definition) is 4. The summed E-state index contributed by atoms with van der Waals surface area (Å²) in [6, 6.07) is 15.0. The van der Waals surface area contributed by atoms with Crippen molar-refractivity contribution in [3.05, 3.63) is 70.4 Å². The van der Waals surface area contributed by atoms with Gasteiger partial charge in [-0.15, -0.1) is 0 Å². The highest BCUT2D eigenvalue weighted by Crippen LogP contribution is 2.27. The van der Waals surface area contributed by atoms with Crippen molar-refractivity contribution >= 4 is 23.2 Å². The van der Waals surface area contributed by atoms with E-state index in [0.717, 1.165) is 12.0 Å². The lowest BCUT2D eigenvalue weighted by Gasteiger charge is -2.13. The maximum Gasteiger partial charge on any atom is 0.267 e. The van der Waals surface area contributed by atoms with Gasteiger partial charge >= 0.3 is 0 Å². The fraction of sp³-hybridized carbons (Fsp3) is 0.238. The lowest BCUT2D eigenvalue weighted by Crippen LogP contribution is -2.18. The average molecular weight is 384 g/mol. The van der Waals surface area contributed by atoms with Gasteiger partial charge in [-0.05, 0) is 42.7 Å². The maximum absolute atomic E-state index is 12.3. The van der Waals surface area contributed by atoms with Crippen molar-refractivity contribution < 1.29 is 9.53 Å². The van der Waals surface area contributed by atoms with Crippen molar-refractivity contribution in [2.45, 2.75) is 26.3 Å². The molecule has 2 rings (SSSR count). The highest BCUT2D eigenvalue weighted by Gasteiger charge is 2.12. The molecule has 1 amide bonds. The topological polar surface area (TPSA) is 74.2 Å². The molecule has 1 atom stereocenters. The molecule has 6 heteroatoms. The monoisotopic (exact) mass is 383 g/mol. The van der Waals surface area contributed by atoms with E-state index in [2.05, 4.69) is 29.7 Å². The van der Waals surface area contributed by atoms with Gasteiger partial charge in [-0.2, -0.15) is 5.26 Å². The first-order valence-corrected chi connectivity index (χ1v) is 8.96. The van der Waals surface area contributed by atoms with E-state index in [4.69, 9.17) is 16.3 Å². The van der Waals surface area contributed by atoms with Crippen LogP contribution in [0, 0.1) is 11.3 Å². The van der Waals surface area contributed by atoms with Crippen molar-refractivity contribution in [2.75, 3.05) is 12.4 Å². The van der Waals surface area contributed by atoms with Crippen LogP contribution in [-0.2, 0) is 11.2 Å². The summed E-state index contributed by atoms with van der Waals surface area (Å²) in [5.74, 6) is -0.00457. The molecule has 0 heterocycles. The van der Waals surface area contributed by atoms with Crippen LogP contribution in [0.5, 0.6) is 5.75 Å². The standard InChI is InChI=1S/C21H22ClN3O2/c1-4-15-5-7-16(8-6-15)14(2)24-13-17(12-23)21(26)25-18-9-10-20(27-3)19(22)11-18/h5-11,13-14,24H,4H2,1-3H3,(H,25,26)/b17-13-. The van der Waals surface area contributed by atoms with Crippen LogP contribution < -0.4 is 15.4 Å². The zero-order chi connectivity index (χ0) is 19.8. The second kappa shape index (κ2) is 9.65. The summed E-state index contributed by atoms with van der Waals surface area (Å²) in [6.45, 7) is 4.07. The Bertz CT molecular complexity index is 870. The Hall–Kier alpha value is -2.97. The maximum atomic E-state index is 12.3. The van der Waals surface area contributed by atoms with Crippen molar-refractivity contribution in [3.8, 4) is 11.8 Å². The molecule has 27 heavy (non-hydrogen) atoms. The number of amides is 1. The molecule has 0 aromatic heterocycles. The lowest BCUT2D eigenvalue weighted by atomic mass is 10.1. The van der Waals surface area contributed by atoms with E-state index in [1.807, 2.05) is 25.1 Å². The third kappa shape index (κ3) is 5.50. The van der Waals surface area contributed by atoms with Crippen LogP contribution in [-0.4, -0.2) is 13.0 Å². The molecular formula is C21H22ClN3O2. The summed E-state index contributed by atoms with van der Waals surface area (Å²) in [5, 5.41) is 15.4. The molecule has 0 bridgehead atoms. The number of ether oxygens (including phenoxy) is 1. The molecular weight excluding hydrogens is 362 g/mol. The van der Waals surface area contributed by atoms with Gasteiger partial charge in [0, 0.05) is 17.9 Å². The third-order valence-electron chi connectivity index (χ3n) is 4.14. The average Bonchev–Trinajstić information content (AvgIpc) is 2.68. The van der Waals surface area contributed by atoms with Crippen LogP contribution in [0.1, 0.15) is 31.0 Å². The van der Waals surface area contributed by atoms with Crippen molar-refractivity contribution in [2.24, 2.45) is 0 Å². The molecule has 0 spiro atoms. The number of anilines is 1. The number of halogens is 1. The van der Waals surface area contributed by atoms with Gasteiger partial charge in [-0.3, -0.25) is 4.79 Å². The Morgan fingerprint density at radius 1 is 1.30 bits per heavy atom. The molecule has 0 aliphatic heterocycles. The number of nitrogens with zero attached hydrogens (tertiary/aromatic N) is 1. The first-order valence-electron chi connectivity index (χ1n) is 8.58. The van der Waals surface area contributed by atoms with E-state index in [1.165, 1.54) is 18.9 Å². The van der Waals surface area contributed by atoms with Gasteiger partial charge in [0.05, 0.1) is 12.1 Å². The number of benzene rings is 2. The third-order valence-corrected chi connectivity index (χ3v) is 4.44. The van der Waals surface area contributed by atoms with Crippen molar-refractivity contribution in [1.29, 1.82) is 5.26 Å². The largest absolute Gasteiger partial charge is 0.495 e. The Morgan fingerprint density at radius 3 is 2.56 bits per heavy atom. The second-order valence-corrected chi connectivity index (χ2v) is 6.36. The number of hydrogen-bond donors (Lipinski definition) is 2. The molecule has 2 aromatic carbocycles. The van der Waals surface area contributed by atoms with Gasteiger partial charge in [0.1, 0.15) is 17.4 Å². The van der Waals surface area contributed by atoms with Gasteiger partial charge in [0.15, 0.2) is 0 Å². The molecule has 2 aromatic rings. The quantitative estimate of drug-likeness (QED) is 0.541. The molecule has 2 N–H and O–H groups in total. The van der Waals surface area contributed by atoms with E-state index < -0.39 is 5.91 Å². The number of aryl methyl sites for hydroxylation is 1. The molecule has 0 saturated heterocycles. The van der Waals surface area contributed by atoms with Crippen LogP contribution in [0.25, 0.3) is 0 Å². The van der Waals surface area contributed by atoms with Crippen LogP contribution in [0.15, 0.2) is 54.2 Å². The normalized spacial score (nSPS) is 12.0. The molecule has 0 fully saturated rings. The fourth-order valence-corrected chi connectivity index (χ4v) is 2.70. The van der Waals surface area contributed by atoms with E-state index in [0.29, 0.717) is 16.5 Å². The molecule has 140 valence electrons. The van der Waals surface area contributed by atoms with Gasteiger partial charge in [0.25, 0.3) is 5.91 Å². The zero-order valence-corrected chi connectivity index (χ0v) is 16.3. The van der Waals surface area contributed by atoms with E-state index in [9.17, 15) is 10.1 Å². The molecule has 0 aliphatic carbocycles. The van der Waals surface area contributed by atoms with Gasteiger partial charge in [0.2, 0.25) is 0 Å².